The Morgan fingerprint density at radius 3 is 2.40 bits per heavy atom. The summed E-state index contributed by atoms with van der Waals surface area (Å²) in [6, 6.07) is 2.75. The van der Waals surface area contributed by atoms with E-state index in [1.54, 1.807) is 4.57 Å². The molecule has 0 aliphatic heterocycles. The van der Waals surface area contributed by atoms with Crippen LogP contribution in [0.3, 0.4) is 0 Å². The van der Waals surface area contributed by atoms with Gasteiger partial charge >= 0.3 is 6.18 Å². The number of anilines is 1. The van der Waals surface area contributed by atoms with Crippen LogP contribution in [0, 0.1) is 5.82 Å². The molecule has 0 bridgehead atoms. The summed E-state index contributed by atoms with van der Waals surface area (Å²) >= 11 is 0. The molecule has 1 aromatic carbocycles. The van der Waals surface area contributed by atoms with Gasteiger partial charge in [0.2, 0.25) is 0 Å². The van der Waals surface area contributed by atoms with Gasteiger partial charge in [-0.05, 0) is 32.0 Å². The van der Waals surface area contributed by atoms with Crippen molar-refractivity contribution >= 4 is 5.82 Å². The number of rotatable bonds is 2. The van der Waals surface area contributed by atoms with Gasteiger partial charge in [0.25, 0.3) is 0 Å². The maximum absolute atomic E-state index is 13.2. The summed E-state index contributed by atoms with van der Waals surface area (Å²) in [5.74, 6) is -1.07. The van der Waals surface area contributed by atoms with E-state index in [1.165, 1.54) is 12.4 Å². The molecule has 0 unspecified atom stereocenters. The van der Waals surface area contributed by atoms with E-state index in [0.717, 1.165) is 12.1 Å². The lowest BCUT2D eigenvalue weighted by Gasteiger charge is -2.11. The molecule has 2 N–H and O–H groups in total. The molecule has 0 fully saturated rings. The fourth-order valence-electron chi connectivity index (χ4n) is 1.89. The van der Waals surface area contributed by atoms with Crippen molar-refractivity contribution in [2.45, 2.75) is 26.1 Å². The highest BCUT2D eigenvalue weighted by atomic mass is 19.4. The number of hydrogen-bond acceptors (Lipinski definition) is 2. The summed E-state index contributed by atoms with van der Waals surface area (Å²) in [6.07, 6.45) is -3.30. The molecule has 0 aliphatic rings. The molecule has 0 amide bonds. The predicted octanol–water partition coefficient (Wildman–Crippen LogP) is 3.87. The van der Waals surface area contributed by atoms with Crippen molar-refractivity contribution in [2.24, 2.45) is 0 Å². The molecule has 2 rings (SSSR count). The highest BCUT2D eigenvalue weighted by Gasteiger charge is 2.34. The van der Waals surface area contributed by atoms with Crippen LogP contribution in [-0.4, -0.2) is 9.55 Å². The molecule has 1 heterocycles. The molecule has 7 heteroatoms. The first kappa shape index (κ1) is 14.4. The second-order valence-electron chi connectivity index (χ2n) is 4.67. The Labute approximate surface area is 113 Å². The Balaban J connectivity index is 2.55. The molecule has 20 heavy (non-hydrogen) atoms. The SMILES string of the molecule is CC(C)n1cnc(-c2ccc(F)c(C(F)(F)F)c2)c1N. The third kappa shape index (κ3) is 2.48. The van der Waals surface area contributed by atoms with Gasteiger partial charge in [-0.1, -0.05) is 0 Å². The van der Waals surface area contributed by atoms with Crippen LogP contribution in [0.25, 0.3) is 11.3 Å². The van der Waals surface area contributed by atoms with E-state index in [2.05, 4.69) is 4.98 Å². The minimum absolute atomic E-state index is 0.0267. The van der Waals surface area contributed by atoms with Gasteiger partial charge in [-0.2, -0.15) is 13.2 Å². The van der Waals surface area contributed by atoms with Crippen LogP contribution in [0.15, 0.2) is 24.5 Å². The van der Waals surface area contributed by atoms with Crippen molar-refractivity contribution in [1.82, 2.24) is 9.55 Å². The zero-order valence-electron chi connectivity index (χ0n) is 10.9. The standard InChI is InChI=1S/C13H13F4N3/c1-7(2)20-6-19-11(12(20)18)8-3-4-10(14)9(5-8)13(15,16)17/h3-7H,18H2,1-2H3. The number of aromatic nitrogens is 2. The van der Waals surface area contributed by atoms with E-state index in [0.29, 0.717) is 0 Å². The van der Waals surface area contributed by atoms with Crippen LogP contribution in [0.1, 0.15) is 25.5 Å². The number of nitrogens with two attached hydrogens (primary N) is 1. The normalized spacial score (nSPS) is 12.2. The smallest absolute Gasteiger partial charge is 0.383 e. The quantitative estimate of drug-likeness (QED) is 0.852. The van der Waals surface area contributed by atoms with Gasteiger partial charge < -0.3 is 10.3 Å². The van der Waals surface area contributed by atoms with Crippen LogP contribution < -0.4 is 5.73 Å². The molecular formula is C13H13F4N3. The van der Waals surface area contributed by atoms with Crippen molar-refractivity contribution in [3.05, 3.63) is 35.9 Å². The van der Waals surface area contributed by atoms with Gasteiger partial charge in [0.1, 0.15) is 17.3 Å². The van der Waals surface area contributed by atoms with Crippen molar-refractivity contribution in [3.8, 4) is 11.3 Å². The predicted molar refractivity (Wildman–Crippen MR) is 67.4 cm³/mol. The minimum Gasteiger partial charge on any atom is -0.383 e. The lowest BCUT2D eigenvalue weighted by atomic mass is 10.1. The fourth-order valence-corrected chi connectivity index (χ4v) is 1.89. The summed E-state index contributed by atoms with van der Waals surface area (Å²) in [4.78, 5) is 4.01. The summed E-state index contributed by atoms with van der Waals surface area (Å²) in [5, 5.41) is 0. The summed E-state index contributed by atoms with van der Waals surface area (Å²) in [7, 11) is 0. The lowest BCUT2D eigenvalue weighted by Crippen LogP contribution is -2.08. The Bertz CT molecular complexity index is 629. The summed E-state index contributed by atoms with van der Waals surface area (Å²) in [6.45, 7) is 3.74. The average Bonchev–Trinajstić information content (AvgIpc) is 2.70. The maximum Gasteiger partial charge on any atom is 0.419 e. The molecule has 0 aliphatic carbocycles. The number of halogens is 4. The third-order valence-electron chi connectivity index (χ3n) is 2.93. The topological polar surface area (TPSA) is 43.8 Å². The Kier molecular flexibility index (Phi) is 3.45. The number of imidazole rings is 1. The minimum atomic E-state index is -4.75. The molecule has 3 nitrogen and oxygen atoms in total. The van der Waals surface area contributed by atoms with Gasteiger partial charge in [0, 0.05) is 11.6 Å². The van der Waals surface area contributed by atoms with Gasteiger partial charge in [-0.25, -0.2) is 9.37 Å². The van der Waals surface area contributed by atoms with Crippen molar-refractivity contribution in [2.75, 3.05) is 5.73 Å². The molecular weight excluding hydrogens is 274 g/mol. The monoisotopic (exact) mass is 287 g/mol. The second kappa shape index (κ2) is 4.81. The Hall–Kier alpha value is -2.05. The molecule has 0 spiro atoms. The van der Waals surface area contributed by atoms with Crippen LogP contribution in [0.2, 0.25) is 0 Å². The molecule has 108 valence electrons. The number of hydrogen-bond donors (Lipinski definition) is 1. The van der Waals surface area contributed by atoms with E-state index >= 15 is 0 Å². The molecule has 0 atom stereocenters. The number of alkyl halides is 3. The largest absolute Gasteiger partial charge is 0.419 e. The summed E-state index contributed by atoms with van der Waals surface area (Å²) < 4.78 is 52.9. The van der Waals surface area contributed by atoms with Gasteiger partial charge in [-0.15, -0.1) is 0 Å². The van der Waals surface area contributed by atoms with Crippen molar-refractivity contribution in [1.29, 1.82) is 0 Å². The van der Waals surface area contributed by atoms with Crippen LogP contribution >= 0.6 is 0 Å². The highest BCUT2D eigenvalue weighted by molar-refractivity contribution is 5.71. The van der Waals surface area contributed by atoms with Gasteiger partial charge in [-0.3, -0.25) is 0 Å². The maximum atomic E-state index is 13.2. The van der Waals surface area contributed by atoms with Crippen LogP contribution in [0.4, 0.5) is 23.4 Å². The lowest BCUT2D eigenvalue weighted by molar-refractivity contribution is -0.139. The van der Waals surface area contributed by atoms with Crippen molar-refractivity contribution < 1.29 is 17.6 Å². The molecule has 2 aromatic rings. The summed E-state index contributed by atoms with van der Waals surface area (Å²) in [5.41, 5.74) is 4.88. The third-order valence-corrected chi connectivity index (χ3v) is 2.93. The zero-order chi connectivity index (χ0) is 15.1. The number of nitrogen functional groups attached to an aromatic ring is 1. The first-order valence-electron chi connectivity index (χ1n) is 5.91. The zero-order valence-corrected chi connectivity index (χ0v) is 10.9. The fraction of sp³-hybridized carbons (Fsp3) is 0.308. The Morgan fingerprint density at radius 1 is 1.25 bits per heavy atom. The van der Waals surface area contributed by atoms with E-state index < -0.39 is 17.6 Å². The molecule has 1 aromatic heterocycles. The van der Waals surface area contributed by atoms with Crippen LogP contribution in [-0.2, 0) is 6.18 Å². The second-order valence-corrected chi connectivity index (χ2v) is 4.67. The Morgan fingerprint density at radius 2 is 1.90 bits per heavy atom. The molecule has 0 saturated heterocycles. The first-order valence-corrected chi connectivity index (χ1v) is 5.91. The van der Waals surface area contributed by atoms with E-state index in [-0.39, 0.29) is 23.1 Å². The molecule has 0 radical (unpaired) electrons. The van der Waals surface area contributed by atoms with E-state index in [9.17, 15) is 17.6 Å². The molecule has 0 saturated carbocycles. The van der Waals surface area contributed by atoms with Gasteiger partial charge in [0.15, 0.2) is 0 Å². The van der Waals surface area contributed by atoms with Crippen LogP contribution in [0.5, 0.6) is 0 Å². The van der Waals surface area contributed by atoms with E-state index in [4.69, 9.17) is 5.73 Å². The average molecular weight is 287 g/mol. The number of nitrogens with zero attached hydrogens (tertiary/aromatic N) is 2. The van der Waals surface area contributed by atoms with E-state index in [1.807, 2.05) is 13.8 Å². The van der Waals surface area contributed by atoms with Gasteiger partial charge in [0.05, 0.1) is 11.9 Å². The first-order chi connectivity index (χ1) is 9.21. The van der Waals surface area contributed by atoms with Crippen molar-refractivity contribution in [3.63, 3.8) is 0 Å². The highest BCUT2D eigenvalue weighted by Crippen LogP contribution is 2.35. The number of benzene rings is 1.